The number of nitrogens with zero attached hydrogens (tertiary/aromatic N) is 1. The Labute approximate surface area is 123 Å². The van der Waals surface area contributed by atoms with Gasteiger partial charge >= 0.3 is 0 Å². The Morgan fingerprint density at radius 3 is 2.70 bits per heavy atom. The molecule has 2 heterocycles. The number of hydrogen-bond donors (Lipinski definition) is 1. The molecule has 2 aromatic heterocycles. The summed E-state index contributed by atoms with van der Waals surface area (Å²) in [6, 6.07) is 5.36. The smallest absolute Gasteiger partial charge is 0.246 e. The zero-order valence-electron chi connectivity index (χ0n) is 11.5. The molecule has 0 aliphatic heterocycles. The van der Waals surface area contributed by atoms with Gasteiger partial charge in [-0.05, 0) is 18.4 Å². The maximum Gasteiger partial charge on any atom is 0.246 e. The van der Waals surface area contributed by atoms with Crippen LogP contribution in [0.5, 0.6) is 0 Å². The van der Waals surface area contributed by atoms with Crippen LogP contribution >= 0.6 is 11.3 Å². The SMILES string of the molecule is CCN(Cc1cccs1)S(=O)(=O)c1cc(CN)oc1C. The largest absolute Gasteiger partial charge is 0.464 e. The second-order valence-electron chi connectivity index (χ2n) is 4.35. The maximum absolute atomic E-state index is 12.7. The lowest BCUT2D eigenvalue weighted by molar-refractivity contribution is 0.423. The zero-order chi connectivity index (χ0) is 14.8. The summed E-state index contributed by atoms with van der Waals surface area (Å²) in [5, 5.41) is 1.94. The van der Waals surface area contributed by atoms with Gasteiger partial charge in [-0.1, -0.05) is 13.0 Å². The standard InChI is InChI=1S/C13H18N2O3S2/c1-3-15(9-12-5-4-6-19-12)20(16,17)13-7-11(8-14)18-10(13)2/h4-7H,3,8-9,14H2,1-2H3. The van der Waals surface area contributed by atoms with Gasteiger partial charge in [0.2, 0.25) is 10.0 Å². The topological polar surface area (TPSA) is 76.5 Å². The Kier molecular flexibility index (Phi) is 4.64. The molecule has 2 N–H and O–H groups in total. The summed E-state index contributed by atoms with van der Waals surface area (Å²) in [6.07, 6.45) is 0. The van der Waals surface area contributed by atoms with Crippen LogP contribution in [0.25, 0.3) is 0 Å². The van der Waals surface area contributed by atoms with Gasteiger partial charge in [0.05, 0.1) is 6.54 Å². The number of thiophene rings is 1. The van der Waals surface area contributed by atoms with Crippen molar-refractivity contribution in [3.8, 4) is 0 Å². The Bertz CT molecular complexity index is 660. The maximum atomic E-state index is 12.7. The lowest BCUT2D eigenvalue weighted by Gasteiger charge is -2.19. The summed E-state index contributed by atoms with van der Waals surface area (Å²) in [4.78, 5) is 1.21. The molecular weight excluding hydrogens is 296 g/mol. The number of sulfonamides is 1. The summed E-state index contributed by atoms with van der Waals surface area (Å²) in [5.74, 6) is 0.864. The van der Waals surface area contributed by atoms with E-state index in [2.05, 4.69) is 0 Å². The number of rotatable bonds is 6. The van der Waals surface area contributed by atoms with E-state index in [9.17, 15) is 8.42 Å². The van der Waals surface area contributed by atoms with Gasteiger partial charge in [0.25, 0.3) is 0 Å². The predicted molar refractivity (Wildman–Crippen MR) is 78.9 cm³/mol. The van der Waals surface area contributed by atoms with Crippen molar-refractivity contribution in [2.45, 2.75) is 31.8 Å². The first-order chi connectivity index (χ1) is 9.48. The molecule has 0 unspecified atom stereocenters. The molecule has 5 nitrogen and oxygen atoms in total. The van der Waals surface area contributed by atoms with Gasteiger partial charge in [0, 0.05) is 24.0 Å². The molecule has 0 saturated carbocycles. The number of aryl methyl sites for hydroxylation is 1. The molecular formula is C13H18N2O3S2. The Morgan fingerprint density at radius 2 is 2.20 bits per heavy atom. The van der Waals surface area contributed by atoms with Crippen LogP contribution in [0.2, 0.25) is 0 Å². The van der Waals surface area contributed by atoms with Gasteiger partial charge in [-0.15, -0.1) is 11.3 Å². The van der Waals surface area contributed by atoms with Crippen LogP contribution in [0.1, 0.15) is 23.3 Å². The van der Waals surface area contributed by atoms with Crippen LogP contribution in [0.4, 0.5) is 0 Å². The first-order valence-electron chi connectivity index (χ1n) is 6.31. The van der Waals surface area contributed by atoms with Gasteiger partial charge in [-0.25, -0.2) is 8.42 Å². The van der Waals surface area contributed by atoms with E-state index in [-0.39, 0.29) is 11.4 Å². The second kappa shape index (κ2) is 6.09. The highest BCUT2D eigenvalue weighted by Crippen LogP contribution is 2.25. The Hall–Kier alpha value is -1.15. The highest BCUT2D eigenvalue weighted by Gasteiger charge is 2.27. The Balaban J connectivity index is 2.33. The highest BCUT2D eigenvalue weighted by molar-refractivity contribution is 7.89. The van der Waals surface area contributed by atoms with Crippen LogP contribution in [-0.4, -0.2) is 19.3 Å². The third-order valence-electron chi connectivity index (χ3n) is 3.01. The third kappa shape index (κ3) is 2.95. The van der Waals surface area contributed by atoms with Crippen LogP contribution in [0.3, 0.4) is 0 Å². The average molecular weight is 314 g/mol. The van der Waals surface area contributed by atoms with E-state index in [1.165, 1.54) is 10.4 Å². The molecule has 0 atom stereocenters. The monoisotopic (exact) mass is 314 g/mol. The van der Waals surface area contributed by atoms with E-state index in [0.29, 0.717) is 24.6 Å². The summed E-state index contributed by atoms with van der Waals surface area (Å²) < 4.78 is 32.1. The fraction of sp³-hybridized carbons (Fsp3) is 0.385. The number of hydrogen-bond acceptors (Lipinski definition) is 5. The van der Waals surface area contributed by atoms with Crippen molar-refractivity contribution in [3.63, 3.8) is 0 Å². The summed E-state index contributed by atoms with van der Waals surface area (Å²) in [5.41, 5.74) is 5.49. The van der Waals surface area contributed by atoms with Crippen molar-refractivity contribution < 1.29 is 12.8 Å². The minimum atomic E-state index is -3.56. The van der Waals surface area contributed by atoms with E-state index < -0.39 is 10.0 Å². The van der Waals surface area contributed by atoms with Crippen molar-refractivity contribution in [1.29, 1.82) is 0 Å². The zero-order valence-corrected chi connectivity index (χ0v) is 13.1. The van der Waals surface area contributed by atoms with Gasteiger partial charge in [-0.3, -0.25) is 0 Å². The molecule has 7 heteroatoms. The molecule has 0 spiro atoms. The van der Waals surface area contributed by atoms with Crippen molar-refractivity contribution in [2.24, 2.45) is 5.73 Å². The molecule has 0 radical (unpaired) electrons. The molecule has 110 valence electrons. The fourth-order valence-electron chi connectivity index (χ4n) is 1.96. The molecule has 0 aromatic carbocycles. The van der Waals surface area contributed by atoms with Crippen molar-refractivity contribution in [1.82, 2.24) is 4.31 Å². The van der Waals surface area contributed by atoms with Crippen molar-refractivity contribution in [2.75, 3.05) is 6.54 Å². The lowest BCUT2D eigenvalue weighted by atomic mass is 10.4. The van der Waals surface area contributed by atoms with Gasteiger partial charge in [0.1, 0.15) is 16.4 Å². The summed E-state index contributed by atoms with van der Waals surface area (Å²) in [6.45, 7) is 4.44. The van der Waals surface area contributed by atoms with Crippen LogP contribution in [-0.2, 0) is 23.1 Å². The summed E-state index contributed by atoms with van der Waals surface area (Å²) >= 11 is 1.54. The number of nitrogens with two attached hydrogens (primary N) is 1. The molecule has 2 rings (SSSR count). The molecule has 2 aromatic rings. The molecule has 0 amide bonds. The third-order valence-corrected chi connectivity index (χ3v) is 5.90. The number of furan rings is 1. The van der Waals surface area contributed by atoms with E-state index in [1.807, 2.05) is 24.4 Å². The van der Waals surface area contributed by atoms with E-state index >= 15 is 0 Å². The van der Waals surface area contributed by atoms with Gasteiger partial charge in [-0.2, -0.15) is 4.31 Å². The first kappa shape index (κ1) is 15.2. The van der Waals surface area contributed by atoms with Crippen molar-refractivity contribution in [3.05, 3.63) is 40.0 Å². The Morgan fingerprint density at radius 1 is 1.45 bits per heavy atom. The quantitative estimate of drug-likeness (QED) is 0.887. The minimum absolute atomic E-state index is 0.188. The summed E-state index contributed by atoms with van der Waals surface area (Å²) in [7, 11) is -3.56. The normalized spacial score (nSPS) is 12.2. The molecule has 0 bridgehead atoms. The minimum Gasteiger partial charge on any atom is -0.464 e. The van der Waals surface area contributed by atoms with Crippen LogP contribution in [0, 0.1) is 6.92 Å². The van der Waals surface area contributed by atoms with E-state index in [1.54, 1.807) is 18.3 Å². The van der Waals surface area contributed by atoms with Crippen LogP contribution in [0.15, 0.2) is 32.9 Å². The second-order valence-corrected chi connectivity index (χ2v) is 7.29. The van der Waals surface area contributed by atoms with Crippen molar-refractivity contribution >= 4 is 21.4 Å². The van der Waals surface area contributed by atoms with Crippen LogP contribution < -0.4 is 5.73 Å². The fourth-order valence-corrected chi connectivity index (χ4v) is 4.38. The van der Waals surface area contributed by atoms with Gasteiger partial charge < -0.3 is 10.2 Å². The first-order valence-corrected chi connectivity index (χ1v) is 8.63. The van der Waals surface area contributed by atoms with E-state index in [0.717, 1.165) is 4.88 Å². The molecule has 0 saturated heterocycles. The molecule has 0 aliphatic carbocycles. The van der Waals surface area contributed by atoms with Gasteiger partial charge in [0.15, 0.2) is 0 Å². The predicted octanol–water partition coefficient (Wildman–Crippen LogP) is 2.32. The molecule has 0 aliphatic rings. The molecule has 0 fully saturated rings. The lowest BCUT2D eigenvalue weighted by Crippen LogP contribution is -2.30. The highest BCUT2D eigenvalue weighted by atomic mass is 32.2. The average Bonchev–Trinajstić information content (AvgIpc) is 3.04. The molecule has 20 heavy (non-hydrogen) atoms. The van der Waals surface area contributed by atoms with E-state index in [4.69, 9.17) is 10.2 Å².